The summed E-state index contributed by atoms with van der Waals surface area (Å²) < 4.78 is 18.1. The predicted molar refractivity (Wildman–Crippen MR) is 127 cm³/mol. The van der Waals surface area contributed by atoms with Crippen LogP contribution >= 0.6 is 23.2 Å². The Labute approximate surface area is 191 Å². The number of halogens is 2. The van der Waals surface area contributed by atoms with Gasteiger partial charge in [0.25, 0.3) is 0 Å². The molecule has 2 unspecified atom stereocenters. The van der Waals surface area contributed by atoms with Crippen molar-refractivity contribution in [2.24, 2.45) is 0 Å². The fourth-order valence-corrected chi connectivity index (χ4v) is 5.66. The molecule has 2 N–H and O–H groups in total. The van der Waals surface area contributed by atoms with Crippen molar-refractivity contribution in [2.45, 2.75) is 30.6 Å². The molecule has 0 radical (unpaired) electrons. The van der Waals surface area contributed by atoms with Crippen molar-refractivity contribution in [2.75, 3.05) is 24.9 Å². The van der Waals surface area contributed by atoms with Crippen molar-refractivity contribution < 1.29 is 2.74 Å². The van der Waals surface area contributed by atoms with E-state index in [1.165, 1.54) is 11.1 Å². The molecular weight excluding hydrogens is 411 g/mol. The zero-order chi connectivity index (χ0) is 22.5. The summed E-state index contributed by atoms with van der Waals surface area (Å²) in [4.78, 5) is 0. The lowest BCUT2D eigenvalue weighted by molar-refractivity contribution is 0.317. The van der Waals surface area contributed by atoms with Crippen LogP contribution in [0.15, 0.2) is 66.7 Å². The van der Waals surface area contributed by atoms with E-state index in [2.05, 4.69) is 54.0 Å². The van der Waals surface area contributed by atoms with Gasteiger partial charge in [0.15, 0.2) is 0 Å². The van der Waals surface area contributed by atoms with Crippen LogP contribution in [0, 0.1) is 6.92 Å². The Morgan fingerprint density at radius 2 is 1.70 bits per heavy atom. The molecule has 1 saturated heterocycles. The molecule has 1 spiro atoms. The molecule has 0 amide bonds. The molecule has 4 heteroatoms. The van der Waals surface area contributed by atoms with Crippen molar-refractivity contribution in [1.82, 2.24) is 5.32 Å². The molecule has 30 heavy (non-hydrogen) atoms. The largest absolute Gasteiger partial charge is 0.384 e. The van der Waals surface area contributed by atoms with E-state index >= 15 is 0 Å². The monoisotopic (exact) mass is 438 g/mol. The first-order valence-corrected chi connectivity index (χ1v) is 11.1. The number of nitrogens with one attached hydrogen (secondary N) is 2. The summed E-state index contributed by atoms with van der Waals surface area (Å²) in [6.07, 6.45) is 0.611. The van der Waals surface area contributed by atoms with Gasteiger partial charge < -0.3 is 10.6 Å². The zero-order valence-corrected chi connectivity index (χ0v) is 18.3. The number of benzene rings is 3. The number of anilines is 1. The Hall–Kier alpha value is -2.00. The molecule has 1 fully saturated rings. The van der Waals surface area contributed by atoms with E-state index in [9.17, 15) is 1.37 Å². The van der Waals surface area contributed by atoms with Gasteiger partial charge in [-0.1, -0.05) is 71.2 Å². The summed E-state index contributed by atoms with van der Waals surface area (Å²) in [5, 5.41) is 8.19. The summed E-state index contributed by atoms with van der Waals surface area (Å²) in [6.45, 7) is 1.66. The predicted octanol–water partition coefficient (Wildman–Crippen LogP) is 6.53. The van der Waals surface area contributed by atoms with Gasteiger partial charge >= 0.3 is 0 Å². The maximum atomic E-state index is 9.38. The van der Waals surface area contributed by atoms with Crippen molar-refractivity contribution in [3.63, 3.8) is 0 Å². The van der Waals surface area contributed by atoms with Crippen LogP contribution in [0.3, 0.4) is 0 Å². The molecule has 0 aromatic heterocycles. The second kappa shape index (κ2) is 7.92. The van der Waals surface area contributed by atoms with Crippen LogP contribution in [0.2, 0.25) is 10.0 Å². The van der Waals surface area contributed by atoms with Crippen molar-refractivity contribution in [1.29, 1.82) is 0 Å². The van der Waals surface area contributed by atoms with E-state index in [0.717, 1.165) is 16.8 Å². The molecule has 0 saturated carbocycles. The number of fused-ring (bicyclic) bond motifs is 2. The van der Waals surface area contributed by atoms with E-state index in [4.69, 9.17) is 24.6 Å². The van der Waals surface area contributed by atoms with Crippen LogP contribution in [-0.2, 0) is 5.41 Å². The van der Waals surface area contributed by atoms with Gasteiger partial charge in [-0.25, -0.2) is 0 Å². The molecule has 2 heterocycles. The minimum Gasteiger partial charge on any atom is -0.384 e. The Morgan fingerprint density at radius 1 is 0.933 bits per heavy atom. The van der Waals surface area contributed by atoms with E-state index in [1.54, 1.807) is 0 Å². The first kappa shape index (κ1) is 17.7. The molecular formula is C26H26Cl2N2. The van der Waals surface area contributed by atoms with E-state index in [-0.39, 0.29) is 11.8 Å². The summed E-state index contributed by atoms with van der Waals surface area (Å²) in [7, 11) is 0. The maximum absolute atomic E-state index is 9.38. The van der Waals surface area contributed by atoms with Crippen LogP contribution in [0.4, 0.5) is 5.69 Å². The number of rotatable bonds is 2. The number of hydrogen-bond donors (Lipinski definition) is 2. The zero-order valence-electron chi connectivity index (χ0n) is 18.8. The molecule has 0 aliphatic carbocycles. The average Bonchev–Trinajstić information content (AvgIpc) is 2.93. The Kier molecular flexibility index (Phi) is 4.66. The topological polar surface area (TPSA) is 24.1 Å². The molecule has 2 nitrogen and oxygen atoms in total. The highest BCUT2D eigenvalue weighted by Crippen LogP contribution is 2.56. The van der Waals surface area contributed by atoms with E-state index in [0.29, 0.717) is 23.0 Å². The molecule has 0 bridgehead atoms. The Balaban J connectivity index is 1.81. The fraction of sp³-hybridized carbons (Fsp3) is 0.308. The van der Waals surface area contributed by atoms with Gasteiger partial charge in [0.2, 0.25) is 0 Å². The van der Waals surface area contributed by atoms with Crippen molar-refractivity contribution >= 4 is 28.9 Å². The number of hydrogen-bond acceptors (Lipinski definition) is 2. The smallest absolute Gasteiger partial charge is 0.0500 e. The van der Waals surface area contributed by atoms with Gasteiger partial charge in [0.1, 0.15) is 0 Å². The maximum Gasteiger partial charge on any atom is 0.0500 e. The van der Waals surface area contributed by atoms with Crippen LogP contribution in [0.25, 0.3) is 0 Å². The van der Waals surface area contributed by atoms with Crippen molar-refractivity contribution in [3.05, 3.63) is 99.0 Å². The molecule has 5 rings (SSSR count). The second-order valence-corrected chi connectivity index (χ2v) is 9.21. The lowest BCUT2D eigenvalue weighted by Crippen LogP contribution is -2.43. The van der Waals surface area contributed by atoms with Gasteiger partial charge in [0.05, 0.1) is 0 Å². The molecule has 2 aliphatic heterocycles. The van der Waals surface area contributed by atoms with Crippen LogP contribution in [0.1, 0.15) is 43.3 Å². The molecule has 154 valence electrons. The van der Waals surface area contributed by atoms with Gasteiger partial charge in [-0.05, 0) is 66.7 Å². The van der Waals surface area contributed by atoms with Crippen LogP contribution in [-0.4, -0.2) is 19.6 Å². The van der Waals surface area contributed by atoms with Crippen LogP contribution in [0.5, 0.6) is 0 Å². The molecule has 3 aromatic rings. The second-order valence-electron chi connectivity index (χ2n) is 8.33. The highest BCUT2D eigenvalue weighted by atomic mass is 35.5. The van der Waals surface area contributed by atoms with Gasteiger partial charge in [0, 0.05) is 42.9 Å². The Bertz CT molecular complexity index is 1150. The standard InChI is InChI=1S/C26H26Cl2N2/c1-17-4-2-5-18(12-17)22-10-11-29-15-24(19-6-3-7-20(27)13-19)26(22)16-30-25-14-21(28)8-9-23(25)26/h2-9,12-14,22,24,29-30H,10-11,15-16H2,1H3/t22-,24+,26-/m1/s1/i11D,16D/t11?,16?,22-,24+,26-. The molecule has 2 aliphatic rings. The van der Waals surface area contributed by atoms with E-state index < -0.39 is 18.5 Å². The first-order chi connectivity index (χ1) is 15.4. The molecule has 3 aromatic carbocycles. The lowest BCUT2D eigenvalue weighted by Gasteiger charge is -2.43. The first-order valence-electron chi connectivity index (χ1n) is 11.5. The number of aryl methyl sites for hydroxylation is 1. The molecule has 5 atom stereocenters. The normalized spacial score (nSPS) is 31.4. The lowest BCUT2D eigenvalue weighted by atomic mass is 9.59. The van der Waals surface area contributed by atoms with Crippen LogP contribution < -0.4 is 10.6 Å². The minimum atomic E-state index is -0.599. The fourth-order valence-electron chi connectivity index (χ4n) is 5.29. The van der Waals surface area contributed by atoms with Gasteiger partial charge in [-0.3, -0.25) is 0 Å². The summed E-state index contributed by atoms with van der Waals surface area (Å²) >= 11 is 12.8. The highest BCUT2D eigenvalue weighted by molar-refractivity contribution is 6.31. The third-order valence-corrected chi connectivity index (χ3v) is 7.05. The van der Waals surface area contributed by atoms with E-state index in [1.807, 2.05) is 30.3 Å². The van der Waals surface area contributed by atoms with Gasteiger partial charge in [-0.15, -0.1) is 0 Å². The summed E-state index contributed by atoms with van der Waals surface area (Å²) in [5.41, 5.74) is 4.83. The average molecular weight is 439 g/mol. The summed E-state index contributed by atoms with van der Waals surface area (Å²) in [6, 6.07) is 22.4. The Morgan fingerprint density at radius 3 is 2.50 bits per heavy atom. The SMILES string of the molecule is [2H]C1C[C@H](c2cccc(C)c2)[C@]2(c3ccc(Cl)cc3NC2[2H])[C@H](c2cccc(Cl)c2)CN1. The third kappa shape index (κ3) is 3.32. The summed E-state index contributed by atoms with van der Waals surface area (Å²) in [5.74, 6) is -0.0965. The minimum absolute atomic E-state index is 0.0405. The quantitative estimate of drug-likeness (QED) is 0.475. The van der Waals surface area contributed by atoms with Crippen molar-refractivity contribution in [3.8, 4) is 0 Å². The van der Waals surface area contributed by atoms with Gasteiger partial charge in [-0.2, -0.15) is 0 Å². The highest BCUT2D eigenvalue weighted by Gasteiger charge is 2.52. The third-order valence-electron chi connectivity index (χ3n) is 6.58.